The molecule has 1 atom stereocenters. The highest BCUT2D eigenvalue weighted by atomic mass is 35.5. The summed E-state index contributed by atoms with van der Waals surface area (Å²) in [5.41, 5.74) is 0.316. The van der Waals surface area contributed by atoms with Crippen LogP contribution >= 0.6 is 23.2 Å². The Morgan fingerprint density at radius 2 is 2.05 bits per heavy atom. The first-order valence-corrected chi connectivity index (χ1v) is 6.17. The van der Waals surface area contributed by atoms with Gasteiger partial charge in [0.25, 0.3) is 0 Å². The Kier molecular flexibility index (Phi) is 4.52. The normalized spacial score (nSPS) is 12.2. The van der Waals surface area contributed by atoms with Gasteiger partial charge in [0.15, 0.2) is 0 Å². The number of nitrogens with one attached hydrogen (secondary N) is 1. The number of aliphatic hydroxyl groups excluding tert-OH is 1. The van der Waals surface area contributed by atoms with Crippen LogP contribution in [-0.4, -0.2) is 21.7 Å². The van der Waals surface area contributed by atoms with Crippen LogP contribution in [-0.2, 0) is 0 Å². The molecule has 0 aliphatic rings. The van der Waals surface area contributed by atoms with E-state index in [1.165, 1.54) is 12.3 Å². The molecule has 0 saturated carbocycles. The summed E-state index contributed by atoms with van der Waals surface area (Å²) in [5, 5.41) is 12.5. The van der Waals surface area contributed by atoms with Gasteiger partial charge in [-0.05, 0) is 17.7 Å². The van der Waals surface area contributed by atoms with Crippen molar-refractivity contribution in [2.24, 2.45) is 0 Å². The summed E-state index contributed by atoms with van der Waals surface area (Å²) in [4.78, 5) is 7.60. The van der Waals surface area contributed by atoms with E-state index in [0.29, 0.717) is 5.56 Å². The summed E-state index contributed by atoms with van der Waals surface area (Å²) in [5.74, 6) is -0.186. The molecule has 100 valence electrons. The van der Waals surface area contributed by atoms with Gasteiger partial charge in [-0.1, -0.05) is 29.8 Å². The molecule has 0 saturated heterocycles. The predicted octanol–water partition coefficient (Wildman–Crippen LogP) is 3.07. The van der Waals surface area contributed by atoms with Gasteiger partial charge in [-0.3, -0.25) is 0 Å². The van der Waals surface area contributed by atoms with Crippen molar-refractivity contribution in [2.75, 3.05) is 11.9 Å². The Hall–Kier alpha value is -1.43. The maximum absolute atomic E-state index is 13.7. The lowest BCUT2D eigenvalue weighted by atomic mass is 10.1. The van der Waals surface area contributed by atoms with Crippen LogP contribution in [0.4, 0.5) is 10.2 Å². The van der Waals surface area contributed by atoms with E-state index in [1.54, 1.807) is 18.2 Å². The molecular formula is C12H10Cl2FN3O. The third-order valence-electron chi connectivity index (χ3n) is 2.49. The minimum absolute atomic E-state index is 0.0112. The molecule has 0 amide bonds. The fourth-order valence-electron chi connectivity index (χ4n) is 1.59. The van der Waals surface area contributed by atoms with Gasteiger partial charge in [-0.15, -0.1) is 0 Å². The van der Waals surface area contributed by atoms with Gasteiger partial charge in [0.1, 0.15) is 16.7 Å². The maximum atomic E-state index is 13.7. The molecule has 0 bridgehead atoms. The lowest BCUT2D eigenvalue weighted by Gasteiger charge is -2.18. The number of hydrogen-bond donors (Lipinski definition) is 2. The standard InChI is InChI=1S/C12H10Cl2FN3O/c13-8-5-16-12(14)18-11(8)17-10(6-19)7-3-1-2-4-9(7)15/h1-5,10,19H,6H2,(H,16,17,18)/t10-/m1/s1. The number of halogens is 3. The monoisotopic (exact) mass is 301 g/mol. The second kappa shape index (κ2) is 6.14. The van der Waals surface area contributed by atoms with Gasteiger partial charge in [-0.25, -0.2) is 9.37 Å². The van der Waals surface area contributed by atoms with E-state index in [4.69, 9.17) is 23.2 Å². The third kappa shape index (κ3) is 3.32. The van der Waals surface area contributed by atoms with Crippen LogP contribution in [0.1, 0.15) is 11.6 Å². The van der Waals surface area contributed by atoms with Crippen molar-refractivity contribution in [1.82, 2.24) is 9.97 Å². The van der Waals surface area contributed by atoms with E-state index in [2.05, 4.69) is 15.3 Å². The van der Waals surface area contributed by atoms with Crippen molar-refractivity contribution in [3.05, 3.63) is 52.1 Å². The van der Waals surface area contributed by atoms with Crippen molar-refractivity contribution in [2.45, 2.75) is 6.04 Å². The summed E-state index contributed by atoms with van der Waals surface area (Å²) in [6.07, 6.45) is 1.33. The summed E-state index contributed by atoms with van der Waals surface area (Å²) < 4.78 is 13.7. The van der Waals surface area contributed by atoms with Crippen LogP contribution in [0.25, 0.3) is 0 Å². The molecule has 0 unspecified atom stereocenters. The number of rotatable bonds is 4. The number of hydrogen-bond acceptors (Lipinski definition) is 4. The minimum Gasteiger partial charge on any atom is -0.394 e. The smallest absolute Gasteiger partial charge is 0.224 e. The van der Waals surface area contributed by atoms with Crippen LogP contribution in [0.3, 0.4) is 0 Å². The van der Waals surface area contributed by atoms with Crippen molar-refractivity contribution >= 4 is 29.0 Å². The molecule has 2 rings (SSSR count). The fraction of sp³-hybridized carbons (Fsp3) is 0.167. The molecule has 0 aliphatic carbocycles. The van der Waals surface area contributed by atoms with Crippen LogP contribution in [0.15, 0.2) is 30.5 Å². The quantitative estimate of drug-likeness (QED) is 0.852. The SMILES string of the molecule is OC[C@@H](Nc1nc(Cl)ncc1Cl)c1ccccc1F. The number of aliphatic hydroxyl groups is 1. The van der Waals surface area contributed by atoms with Gasteiger partial charge in [0.05, 0.1) is 18.8 Å². The molecule has 7 heteroatoms. The zero-order valence-electron chi connectivity index (χ0n) is 9.65. The molecule has 1 heterocycles. The molecular weight excluding hydrogens is 292 g/mol. The third-order valence-corrected chi connectivity index (χ3v) is 2.95. The first kappa shape index (κ1) is 14.0. The minimum atomic E-state index is -0.676. The molecule has 0 fully saturated rings. The molecule has 4 nitrogen and oxygen atoms in total. The van der Waals surface area contributed by atoms with Crippen molar-refractivity contribution in [3.8, 4) is 0 Å². The van der Waals surface area contributed by atoms with Crippen LogP contribution < -0.4 is 5.32 Å². The lowest BCUT2D eigenvalue weighted by Crippen LogP contribution is -2.17. The Balaban J connectivity index is 2.29. The van der Waals surface area contributed by atoms with Gasteiger partial charge in [-0.2, -0.15) is 4.98 Å². The Bertz CT molecular complexity index is 583. The summed E-state index contributed by atoms with van der Waals surface area (Å²) in [7, 11) is 0. The number of benzene rings is 1. The highest BCUT2D eigenvalue weighted by molar-refractivity contribution is 6.33. The average molecular weight is 302 g/mol. The molecule has 2 N–H and O–H groups in total. The highest BCUT2D eigenvalue weighted by Gasteiger charge is 2.16. The summed E-state index contributed by atoms with van der Waals surface area (Å²) in [6, 6.07) is 5.46. The first-order valence-electron chi connectivity index (χ1n) is 5.41. The van der Waals surface area contributed by atoms with Gasteiger partial charge >= 0.3 is 0 Å². The predicted molar refractivity (Wildman–Crippen MR) is 71.9 cm³/mol. The Morgan fingerprint density at radius 3 is 2.74 bits per heavy atom. The zero-order chi connectivity index (χ0) is 13.8. The van der Waals surface area contributed by atoms with Crippen molar-refractivity contribution in [3.63, 3.8) is 0 Å². The molecule has 19 heavy (non-hydrogen) atoms. The van der Waals surface area contributed by atoms with E-state index in [-0.39, 0.29) is 22.7 Å². The molecule has 2 aromatic rings. The number of anilines is 1. The highest BCUT2D eigenvalue weighted by Crippen LogP contribution is 2.25. The van der Waals surface area contributed by atoms with E-state index in [9.17, 15) is 9.50 Å². The van der Waals surface area contributed by atoms with Gasteiger partial charge < -0.3 is 10.4 Å². The average Bonchev–Trinajstić information content (AvgIpc) is 2.41. The second-order valence-electron chi connectivity index (χ2n) is 3.74. The molecule has 1 aromatic heterocycles. The van der Waals surface area contributed by atoms with Crippen LogP contribution in [0, 0.1) is 5.82 Å². The second-order valence-corrected chi connectivity index (χ2v) is 4.48. The van der Waals surface area contributed by atoms with E-state index >= 15 is 0 Å². The van der Waals surface area contributed by atoms with Crippen LogP contribution in [0.2, 0.25) is 10.3 Å². The van der Waals surface area contributed by atoms with Gasteiger partial charge in [0.2, 0.25) is 5.28 Å². The molecule has 0 spiro atoms. The van der Waals surface area contributed by atoms with E-state index < -0.39 is 11.9 Å². The van der Waals surface area contributed by atoms with Crippen molar-refractivity contribution in [1.29, 1.82) is 0 Å². The maximum Gasteiger partial charge on any atom is 0.224 e. The topological polar surface area (TPSA) is 58.0 Å². The number of nitrogens with zero attached hydrogens (tertiary/aromatic N) is 2. The van der Waals surface area contributed by atoms with E-state index in [1.807, 2.05) is 0 Å². The number of aromatic nitrogens is 2. The Morgan fingerprint density at radius 1 is 1.32 bits per heavy atom. The largest absolute Gasteiger partial charge is 0.394 e. The van der Waals surface area contributed by atoms with Crippen LogP contribution in [0.5, 0.6) is 0 Å². The molecule has 1 aromatic carbocycles. The summed E-state index contributed by atoms with van der Waals surface area (Å²) in [6.45, 7) is -0.321. The van der Waals surface area contributed by atoms with Gasteiger partial charge in [0, 0.05) is 5.56 Å². The molecule has 0 radical (unpaired) electrons. The Labute approximate surface area is 119 Å². The van der Waals surface area contributed by atoms with Crippen molar-refractivity contribution < 1.29 is 9.50 Å². The molecule has 0 aliphatic heterocycles. The lowest BCUT2D eigenvalue weighted by molar-refractivity contribution is 0.273. The fourth-order valence-corrected chi connectivity index (χ4v) is 1.87. The van der Waals surface area contributed by atoms with E-state index in [0.717, 1.165) is 0 Å². The summed E-state index contributed by atoms with van der Waals surface area (Å²) >= 11 is 11.6. The zero-order valence-corrected chi connectivity index (χ0v) is 11.2. The first-order chi connectivity index (χ1) is 9.11.